The minimum atomic E-state index is -0.452. The van der Waals surface area contributed by atoms with E-state index in [9.17, 15) is 10.2 Å². The Morgan fingerprint density at radius 2 is 1.39 bits per heavy atom. The van der Waals surface area contributed by atoms with Crippen LogP contribution in [0.4, 0.5) is 0 Å². The number of aliphatic hydroxyl groups excluding tert-OH is 2. The molecule has 1 aromatic heterocycles. The Hall–Kier alpha value is -0.740. The number of aromatic nitrogens is 2. The van der Waals surface area contributed by atoms with E-state index in [1.54, 1.807) is 13.8 Å². The van der Waals surface area contributed by atoms with Gasteiger partial charge in [-0.3, -0.25) is 0 Å². The summed E-state index contributed by atoms with van der Waals surface area (Å²) < 4.78 is 26.2. The van der Waals surface area contributed by atoms with Crippen LogP contribution in [0.5, 0.6) is 0 Å². The van der Waals surface area contributed by atoms with Crippen molar-refractivity contribution < 1.29 is 46.1 Å². The molecule has 0 aliphatic rings. The van der Waals surface area contributed by atoms with E-state index >= 15 is 0 Å². The Kier molecular flexibility index (Phi) is 15.7. The molecule has 4 atom stereocenters. The average molecular weight is 425 g/mol. The second-order valence-corrected chi connectivity index (χ2v) is 7.03. The topological polar surface area (TPSA) is 86.2 Å². The summed E-state index contributed by atoms with van der Waals surface area (Å²) in [5.41, 5.74) is 0. The summed E-state index contributed by atoms with van der Waals surface area (Å²) in [5, 5.41) is 18.4. The number of ether oxygens (including phenoxy) is 4. The van der Waals surface area contributed by atoms with Crippen LogP contribution in [0.25, 0.3) is 0 Å². The highest BCUT2D eigenvalue weighted by Crippen LogP contribution is 1.96. The third-order valence-electron chi connectivity index (χ3n) is 3.68. The molecule has 4 unspecified atom stereocenters. The maximum Gasteiger partial charge on any atom is 0.243 e. The van der Waals surface area contributed by atoms with Crippen molar-refractivity contribution in [3.63, 3.8) is 0 Å². The largest absolute Gasteiger partial charge is 1.00 e. The number of aliphatic hydroxyl groups is 2. The van der Waals surface area contributed by atoms with Crippen molar-refractivity contribution in [2.45, 2.75) is 65.2 Å². The van der Waals surface area contributed by atoms with E-state index in [2.05, 4.69) is 9.13 Å². The number of hydrogen-bond donors (Lipinski definition) is 2. The fraction of sp³-hybridized carbons (Fsp3) is 0.842. The second-order valence-electron chi connectivity index (χ2n) is 7.03. The first-order valence-electron chi connectivity index (χ1n) is 9.66. The van der Waals surface area contributed by atoms with Gasteiger partial charge in [-0.1, -0.05) is 0 Å². The molecule has 0 saturated carbocycles. The molecule has 0 spiro atoms. The predicted octanol–water partition coefficient (Wildman–Crippen LogP) is -2.62. The van der Waals surface area contributed by atoms with Gasteiger partial charge in [-0.05, 0) is 27.7 Å². The Morgan fingerprint density at radius 3 is 1.93 bits per heavy atom. The molecule has 8 nitrogen and oxygen atoms in total. The molecule has 0 radical (unpaired) electrons. The molecule has 9 heteroatoms. The van der Waals surface area contributed by atoms with E-state index < -0.39 is 12.2 Å². The maximum absolute atomic E-state index is 9.18. The van der Waals surface area contributed by atoms with Crippen LogP contribution >= 0.6 is 0 Å². The van der Waals surface area contributed by atoms with Gasteiger partial charge < -0.3 is 41.6 Å². The minimum Gasteiger partial charge on any atom is -1.00 e. The fourth-order valence-corrected chi connectivity index (χ4v) is 2.25. The molecule has 0 bridgehead atoms. The smallest absolute Gasteiger partial charge is 0.243 e. The highest BCUT2D eigenvalue weighted by Gasteiger charge is 2.08. The van der Waals surface area contributed by atoms with Crippen LogP contribution in [0, 0.1) is 0 Å². The van der Waals surface area contributed by atoms with Crippen molar-refractivity contribution >= 4 is 0 Å². The van der Waals surface area contributed by atoms with Crippen LogP contribution in [0.15, 0.2) is 18.7 Å². The summed E-state index contributed by atoms with van der Waals surface area (Å²) in [6.45, 7) is 11.7. The number of imidazole rings is 1. The summed E-state index contributed by atoms with van der Waals surface area (Å²) in [6.07, 6.45) is 5.07. The lowest BCUT2D eigenvalue weighted by molar-refractivity contribution is -0.698. The first kappa shape index (κ1) is 27.3. The van der Waals surface area contributed by atoms with Gasteiger partial charge >= 0.3 is 0 Å². The maximum atomic E-state index is 9.18. The van der Waals surface area contributed by atoms with Gasteiger partial charge in [0, 0.05) is 0 Å². The monoisotopic (exact) mass is 424 g/mol. The molecule has 28 heavy (non-hydrogen) atoms. The normalized spacial score (nSPS) is 15.6. The van der Waals surface area contributed by atoms with Crippen molar-refractivity contribution in [3.8, 4) is 0 Å². The lowest BCUT2D eigenvalue weighted by atomic mass is 10.4. The fourth-order valence-electron chi connectivity index (χ4n) is 2.25. The third kappa shape index (κ3) is 14.3. The second kappa shape index (κ2) is 16.1. The van der Waals surface area contributed by atoms with Gasteiger partial charge in [-0.25, -0.2) is 9.13 Å². The Morgan fingerprint density at radius 1 is 0.857 bits per heavy atom. The minimum absolute atomic E-state index is 0. The first-order chi connectivity index (χ1) is 12.9. The van der Waals surface area contributed by atoms with Crippen molar-refractivity contribution in [1.29, 1.82) is 0 Å². The van der Waals surface area contributed by atoms with Gasteiger partial charge in [0.2, 0.25) is 6.33 Å². The standard InChI is InChI=1S/C19H37N2O6.ClH/c1-16(22)11-26-18(3)13-24-9-7-20-5-6-21(15-20)8-10-25-14-19(4)27-12-17(2)23;/h5-6,15-19,22-23H,7-14H2,1-4H3;1H/q+1;/p-1. The third-order valence-corrected chi connectivity index (χ3v) is 3.68. The van der Waals surface area contributed by atoms with Gasteiger partial charge in [-0.2, -0.15) is 0 Å². The van der Waals surface area contributed by atoms with Crippen LogP contribution in [0.1, 0.15) is 27.7 Å². The van der Waals surface area contributed by atoms with E-state index in [-0.39, 0.29) is 24.6 Å². The molecule has 0 fully saturated rings. The zero-order valence-corrected chi connectivity index (χ0v) is 18.3. The highest BCUT2D eigenvalue weighted by atomic mass is 35.5. The molecule has 1 heterocycles. The van der Waals surface area contributed by atoms with Crippen molar-refractivity contribution in [1.82, 2.24) is 4.57 Å². The number of rotatable bonds is 16. The number of hydrogen-bond acceptors (Lipinski definition) is 6. The summed E-state index contributed by atoms with van der Waals surface area (Å²) in [6, 6.07) is 0. The lowest BCUT2D eigenvalue weighted by Gasteiger charge is -2.14. The summed E-state index contributed by atoms with van der Waals surface area (Å²) >= 11 is 0. The zero-order valence-electron chi connectivity index (χ0n) is 17.5. The van der Waals surface area contributed by atoms with E-state index in [4.69, 9.17) is 18.9 Å². The Labute approximate surface area is 174 Å². The highest BCUT2D eigenvalue weighted by molar-refractivity contribution is 4.66. The quantitative estimate of drug-likeness (QED) is 0.223. The molecule has 2 N–H and O–H groups in total. The van der Waals surface area contributed by atoms with Gasteiger partial charge in [-0.15, -0.1) is 0 Å². The van der Waals surface area contributed by atoms with Crippen molar-refractivity contribution in [2.75, 3.05) is 39.6 Å². The number of nitrogens with zero attached hydrogens (tertiary/aromatic N) is 2. The van der Waals surface area contributed by atoms with Gasteiger partial charge in [0.25, 0.3) is 0 Å². The first-order valence-corrected chi connectivity index (χ1v) is 9.66. The van der Waals surface area contributed by atoms with Crippen LogP contribution in [0.3, 0.4) is 0 Å². The van der Waals surface area contributed by atoms with Gasteiger partial charge in [0.05, 0.1) is 64.1 Å². The summed E-state index contributed by atoms with van der Waals surface area (Å²) in [7, 11) is 0. The van der Waals surface area contributed by atoms with Crippen LogP contribution in [-0.2, 0) is 32.0 Å². The van der Waals surface area contributed by atoms with Crippen LogP contribution in [0.2, 0.25) is 0 Å². The molecule has 0 amide bonds. The molecule has 1 aromatic rings. The molecule has 1 rings (SSSR count). The summed E-state index contributed by atoms with van der Waals surface area (Å²) in [4.78, 5) is 0. The van der Waals surface area contributed by atoms with Gasteiger partial charge in [0.15, 0.2) is 0 Å². The van der Waals surface area contributed by atoms with E-state index in [1.807, 2.05) is 32.6 Å². The molecular formula is C19H37ClN2O6. The zero-order chi connectivity index (χ0) is 20.1. The van der Waals surface area contributed by atoms with Crippen LogP contribution in [-0.4, -0.2) is 78.8 Å². The average Bonchev–Trinajstić information content (AvgIpc) is 3.06. The molecule has 0 aliphatic carbocycles. The number of halogens is 1. The van der Waals surface area contributed by atoms with E-state index in [1.165, 1.54) is 0 Å². The predicted molar refractivity (Wildman–Crippen MR) is 100 cm³/mol. The van der Waals surface area contributed by atoms with Crippen molar-refractivity contribution in [2.24, 2.45) is 0 Å². The molecule has 0 aliphatic heterocycles. The van der Waals surface area contributed by atoms with Gasteiger partial charge in [0.1, 0.15) is 25.5 Å². The SMILES string of the molecule is CC(O)COC(C)COCCn1cc[n+](CCOCC(C)OCC(C)O)c1.[Cl-]. The molecule has 166 valence electrons. The molecular weight excluding hydrogens is 388 g/mol. The lowest BCUT2D eigenvalue weighted by Crippen LogP contribution is -3.00. The Balaban J connectivity index is 0.00000729. The van der Waals surface area contributed by atoms with E-state index in [0.29, 0.717) is 39.6 Å². The summed E-state index contributed by atoms with van der Waals surface area (Å²) in [5.74, 6) is 0. The van der Waals surface area contributed by atoms with Crippen molar-refractivity contribution in [3.05, 3.63) is 18.7 Å². The Bertz CT molecular complexity index is 446. The van der Waals surface area contributed by atoms with E-state index in [0.717, 1.165) is 13.1 Å². The molecule has 0 aromatic carbocycles. The van der Waals surface area contributed by atoms with Crippen LogP contribution < -0.4 is 17.0 Å². The molecule has 0 saturated heterocycles.